The van der Waals surface area contributed by atoms with E-state index in [0.717, 1.165) is 6.07 Å². The molecule has 1 heterocycles. The predicted octanol–water partition coefficient (Wildman–Crippen LogP) is 1.40. The molecule has 0 spiro atoms. The Kier molecular flexibility index (Phi) is 3.34. The molecule has 1 N–H and O–H groups in total. The van der Waals surface area contributed by atoms with Gasteiger partial charge in [-0.1, -0.05) is 12.1 Å². The highest BCUT2D eigenvalue weighted by atomic mass is 32.2. The Morgan fingerprint density at radius 2 is 2.05 bits per heavy atom. The third-order valence-corrected chi connectivity index (χ3v) is 5.22. The minimum Gasteiger partial charge on any atom is -0.481 e. The van der Waals surface area contributed by atoms with Crippen LogP contribution < -0.4 is 0 Å². The van der Waals surface area contributed by atoms with Gasteiger partial charge in [-0.2, -0.15) is 0 Å². The van der Waals surface area contributed by atoms with Crippen molar-refractivity contribution in [1.82, 2.24) is 0 Å². The second-order valence-electron chi connectivity index (χ2n) is 4.82. The van der Waals surface area contributed by atoms with Crippen molar-refractivity contribution in [3.05, 3.63) is 35.4 Å². The molecule has 0 bridgehead atoms. The van der Waals surface area contributed by atoms with Gasteiger partial charge in [0.1, 0.15) is 0 Å². The first-order chi connectivity index (χ1) is 8.76. The number of carboxylic acids is 1. The summed E-state index contributed by atoms with van der Waals surface area (Å²) in [4.78, 5) is 11.3. The van der Waals surface area contributed by atoms with Crippen LogP contribution in [0, 0.1) is 17.0 Å². The van der Waals surface area contributed by atoms with E-state index in [1.807, 2.05) is 0 Å². The van der Waals surface area contributed by atoms with Gasteiger partial charge in [0.05, 0.1) is 16.9 Å². The molecule has 1 aliphatic rings. The van der Waals surface area contributed by atoms with E-state index in [1.54, 1.807) is 0 Å². The zero-order valence-corrected chi connectivity index (χ0v) is 10.7. The van der Waals surface area contributed by atoms with Crippen molar-refractivity contribution < 1.29 is 27.1 Å². The Balaban J connectivity index is 2.38. The van der Waals surface area contributed by atoms with Crippen LogP contribution in [0.3, 0.4) is 0 Å². The zero-order chi connectivity index (χ0) is 14.3. The van der Waals surface area contributed by atoms with Gasteiger partial charge >= 0.3 is 5.97 Å². The largest absolute Gasteiger partial charge is 0.481 e. The molecule has 1 atom stereocenters. The van der Waals surface area contributed by atoms with Gasteiger partial charge in [-0.05, 0) is 24.5 Å². The number of carboxylic acid groups (broad SMARTS) is 1. The fourth-order valence-electron chi connectivity index (χ4n) is 2.35. The Morgan fingerprint density at radius 1 is 1.37 bits per heavy atom. The lowest BCUT2D eigenvalue weighted by molar-refractivity contribution is -0.147. The number of aliphatic carboxylic acids is 1. The topological polar surface area (TPSA) is 71.4 Å². The Bertz CT molecular complexity index is 627. The smallest absolute Gasteiger partial charge is 0.311 e. The monoisotopic (exact) mass is 290 g/mol. The number of benzene rings is 1. The molecule has 2 rings (SSSR count). The average molecular weight is 290 g/mol. The van der Waals surface area contributed by atoms with Crippen LogP contribution in [0.5, 0.6) is 0 Å². The number of rotatable bonds is 3. The van der Waals surface area contributed by atoms with Gasteiger partial charge < -0.3 is 5.11 Å². The maximum Gasteiger partial charge on any atom is 0.311 e. The maximum absolute atomic E-state index is 13.6. The number of carbonyl (C=O) groups is 1. The first kappa shape index (κ1) is 13.9. The molecule has 4 nitrogen and oxygen atoms in total. The normalized spacial score (nSPS) is 25.4. The van der Waals surface area contributed by atoms with Crippen molar-refractivity contribution in [2.75, 3.05) is 11.5 Å². The van der Waals surface area contributed by atoms with E-state index in [-0.39, 0.29) is 24.2 Å². The van der Waals surface area contributed by atoms with E-state index in [9.17, 15) is 27.1 Å². The molecule has 0 saturated carbocycles. The summed E-state index contributed by atoms with van der Waals surface area (Å²) >= 11 is 0. The lowest BCUT2D eigenvalue weighted by Crippen LogP contribution is -2.35. The Hall–Kier alpha value is -1.50. The third-order valence-electron chi connectivity index (χ3n) is 3.40. The summed E-state index contributed by atoms with van der Waals surface area (Å²) in [5, 5.41) is 9.24. The van der Waals surface area contributed by atoms with Crippen LogP contribution in [0.1, 0.15) is 12.0 Å². The van der Waals surface area contributed by atoms with Crippen LogP contribution in [-0.2, 0) is 21.1 Å². The Labute approximate surface area is 109 Å². The maximum atomic E-state index is 13.6. The second-order valence-corrected chi connectivity index (χ2v) is 7.00. The summed E-state index contributed by atoms with van der Waals surface area (Å²) in [6.45, 7) is 0. The molecular weight excluding hydrogens is 278 g/mol. The summed E-state index contributed by atoms with van der Waals surface area (Å²) in [5.41, 5.74) is -1.67. The van der Waals surface area contributed by atoms with E-state index in [0.29, 0.717) is 0 Å². The summed E-state index contributed by atoms with van der Waals surface area (Å²) in [7, 11) is -3.44. The highest BCUT2D eigenvalue weighted by Gasteiger charge is 2.48. The van der Waals surface area contributed by atoms with Gasteiger partial charge in [-0.15, -0.1) is 0 Å². The summed E-state index contributed by atoms with van der Waals surface area (Å²) in [6, 6.07) is 3.47. The Morgan fingerprint density at radius 3 is 2.58 bits per heavy atom. The summed E-state index contributed by atoms with van der Waals surface area (Å²) < 4.78 is 49.6. The quantitative estimate of drug-likeness (QED) is 0.913. The van der Waals surface area contributed by atoms with Crippen molar-refractivity contribution in [1.29, 1.82) is 0 Å². The fraction of sp³-hybridized carbons (Fsp3) is 0.417. The summed E-state index contributed by atoms with van der Waals surface area (Å²) in [6.07, 6.45) is -0.411. The van der Waals surface area contributed by atoms with Crippen LogP contribution in [0.25, 0.3) is 0 Å². The minimum absolute atomic E-state index is 0.0827. The SMILES string of the molecule is O=C(O)C1(Cc2cccc(F)c2F)CCS(=O)(=O)C1. The predicted molar refractivity (Wildman–Crippen MR) is 63.4 cm³/mol. The lowest BCUT2D eigenvalue weighted by atomic mass is 9.81. The van der Waals surface area contributed by atoms with Crippen molar-refractivity contribution in [3.8, 4) is 0 Å². The molecule has 0 amide bonds. The molecule has 1 saturated heterocycles. The van der Waals surface area contributed by atoms with E-state index >= 15 is 0 Å². The third kappa shape index (κ3) is 2.60. The highest BCUT2D eigenvalue weighted by Crippen LogP contribution is 2.36. The first-order valence-corrected chi connectivity index (χ1v) is 7.45. The molecule has 1 unspecified atom stereocenters. The van der Waals surface area contributed by atoms with Crippen molar-refractivity contribution >= 4 is 15.8 Å². The molecule has 104 valence electrons. The molecule has 0 radical (unpaired) electrons. The zero-order valence-electron chi connectivity index (χ0n) is 9.90. The van der Waals surface area contributed by atoms with Crippen molar-refractivity contribution in [3.63, 3.8) is 0 Å². The van der Waals surface area contributed by atoms with Crippen LogP contribution in [-0.4, -0.2) is 31.0 Å². The lowest BCUT2D eigenvalue weighted by Gasteiger charge is -2.22. The van der Waals surface area contributed by atoms with E-state index in [4.69, 9.17) is 0 Å². The minimum atomic E-state index is -3.44. The van der Waals surface area contributed by atoms with E-state index in [2.05, 4.69) is 0 Å². The standard InChI is InChI=1S/C12H12F2O4S/c13-9-3-1-2-8(10(9)14)6-12(11(15)16)4-5-19(17,18)7-12/h1-3H,4-7H2,(H,15,16). The van der Waals surface area contributed by atoms with Crippen LogP contribution in [0.2, 0.25) is 0 Å². The van der Waals surface area contributed by atoms with Crippen LogP contribution in [0.15, 0.2) is 18.2 Å². The van der Waals surface area contributed by atoms with Crippen molar-refractivity contribution in [2.45, 2.75) is 12.8 Å². The molecule has 7 heteroatoms. The number of hydrogen-bond donors (Lipinski definition) is 1. The van der Waals surface area contributed by atoms with E-state index < -0.39 is 38.6 Å². The van der Waals surface area contributed by atoms with Crippen LogP contribution >= 0.6 is 0 Å². The molecule has 1 fully saturated rings. The highest BCUT2D eigenvalue weighted by molar-refractivity contribution is 7.91. The first-order valence-electron chi connectivity index (χ1n) is 5.62. The molecule has 19 heavy (non-hydrogen) atoms. The van der Waals surface area contributed by atoms with Gasteiger partial charge in [-0.25, -0.2) is 17.2 Å². The number of halogens is 2. The van der Waals surface area contributed by atoms with Gasteiger partial charge in [0.15, 0.2) is 21.5 Å². The molecule has 1 aromatic carbocycles. The molecule has 1 aromatic rings. The van der Waals surface area contributed by atoms with Gasteiger partial charge in [0.25, 0.3) is 0 Å². The van der Waals surface area contributed by atoms with E-state index in [1.165, 1.54) is 12.1 Å². The second kappa shape index (κ2) is 4.56. The number of sulfone groups is 1. The fourth-order valence-corrected chi connectivity index (χ4v) is 4.41. The molecular formula is C12H12F2O4S. The average Bonchev–Trinajstić information content (AvgIpc) is 2.62. The molecule has 0 aliphatic carbocycles. The number of hydrogen-bond acceptors (Lipinski definition) is 3. The van der Waals surface area contributed by atoms with Gasteiger partial charge in [0, 0.05) is 0 Å². The van der Waals surface area contributed by atoms with Crippen LogP contribution in [0.4, 0.5) is 8.78 Å². The van der Waals surface area contributed by atoms with Gasteiger partial charge in [-0.3, -0.25) is 4.79 Å². The molecule has 1 aliphatic heterocycles. The van der Waals surface area contributed by atoms with Crippen molar-refractivity contribution in [2.24, 2.45) is 5.41 Å². The van der Waals surface area contributed by atoms with Gasteiger partial charge in [0.2, 0.25) is 0 Å². The molecule has 0 aromatic heterocycles. The summed E-state index contributed by atoms with van der Waals surface area (Å²) in [5.74, 6) is -4.26.